The Morgan fingerprint density at radius 1 is 0.917 bits per heavy atom. The van der Waals surface area contributed by atoms with Crippen LogP contribution >= 0.6 is 11.8 Å². The van der Waals surface area contributed by atoms with Crippen molar-refractivity contribution in [2.45, 2.75) is 29.0 Å². The molecule has 5 N–H and O–H groups in total. The van der Waals surface area contributed by atoms with Crippen molar-refractivity contribution in [2.75, 3.05) is 6.61 Å². The third-order valence-electron chi connectivity index (χ3n) is 1.87. The van der Waals surface area contributed by atoms with Crippen molar-refractivity contribution < 1.29 is 25.5 Å². The van der Waals surface area contributed by atoms with E-state index in [1.165, 1.54) is 0 Å². The van der Waals surface area contributed by atoms with Gasteiger partial charge in [-0.15, -0.1) is 11.8 Å². The second-order valence-electron chi connectivity index (χ2n) is 2.72. The zero-order valence-electron chi connectivity index (χ0n) is 6.24. The van der Waals surface area contributed by atoms with E-state index in [9.17, 15) is 5.11 Å². The molecule has 0 aromatic carbocycles. The van der Waals surface area contributed by atoms with Gasteiger partial charge >= 0.3 is 0 Å². The van der Waals surface area contributed by atoms with Gasteiger partial charge in [-0.3, -0.25) is 0 Å². The minimum Gasteiger partial charge on any atom is -0.395 e. The smallest absolute Gasteiger partial charge is 0.128 e. The fourth-order valence-electron chi connectivity index (χ4n) is 1.08. The van der Waals surface area contributed by atoms with E-state index >= 15 is 0 Å². The van der Waals surface area contributed by atoms with Gasteiger partial charge < -0.3 is 25.5 Å². The molecule has 1 saturated heterocycles. The van der Waals surface area contributed by atoms with Crippen LogP contribution in [0.5, 0.6) is 0 Å². The van der Waals surface area contributed by atoms with Crippen LogP contribution in [0.25, 0.3) is 0 Å². The second kappa shape index (κ2) is 3.91. The van der Waals surface area contributed by atoms with E-state index in [0.29, 0.717) is 0 Å². The molecule has 1 aliphatic heterocycles. The Morgan fingerprint density at radius 2 is 1.50 bits per heavy atom. The zero-order valence-corrected chi connectivity index (χ0v) is 7.05. The van der Waals surface area contributed by atoms with Crippen LogP contribution in [-0.4, -0.2) is 61.1 Å². The summed E-state index contributed by atoms with van der Waals surface area (Å²) in [5, 5.41) is 44.6. The first-order valence-electron chi connectivity index (χ1n) is 3.56. The van der Waals surface area contributed by atoms with Gasteiger partial charge in [0.15, 0.2) is 0 Å². The van der Waals surface area contributed by atoms with E-state index in [0.717, 1.165) is 11.8 Å². The summed E-state index contributed by atoms with van der Waals surface area (Å²) in [7, 11) is 0. The molecule has 0 saturated carbocycles. The van der Waals surface area contributed by atoms with Crippen LogP contribution in [0.1, 0.15) is 0 Å². The van der Waals surface area contributed by atoms with Gasteiger partial charge in [0.25, 0.3) is 0 Å². The fraction of sp³-hybridized carbons (Fsp3) is 1.00. The molecule has 0 spiro atoms. The first kappa shape index (κ1) is 10.2. The Morgan fingerprint density at radius 3 is 2.00 bits per heavy atom. The maximum Gasteiger partial charge on any atom is 0.128 e. The van der Waals surface area contributed by atoms with Crippen molar-refractivity contribution in [2.24, 2.45) is 0 Å². The Kier molecular flexibility index (Phi) is 3.33. The van der Waals surface area contributed by atoms with Crippen LogP contribution in [-0.2, 0) is 0 Å². The number of rotatable bonds is 1. The minimum absolute atomic E-state index is 0.341. The monoisotopic (exact) mass is 196 g/mol. The predicted molar refractivity (Wildman–Crippen MR) is 42.5 cm³/mol. The molecule has 0 aromatic rings. The molecule has 0 bridgehead atoms. The molecule has 6 heteroatoms. The molecule has 1 fully saturated rings. The van der Waals surface area contributed by atoms with Crippen molar-refractivity contribution in [3.63, 3.8) is 0 Å². The van der Waals surface area contributed by atoms with Crippen LogP contribution in [0.4, 0.5) is 0 Å². The first-order chi connectivity index (χ1) is 5.57. The maximum atomic E-state index is 9.22. The van der Waals surface area contributed by atoms with Crippen molar-refractivity contribution in [1.82, 2.24) is 0 Å². The SMILES string of the molecule is OC[C@H]1SC(O)[C@H](O)[C@@H](O)[C@@H]1O. The summed E-state index contributed by atoms with van der Waals surface area (Å²) >= 11 is 0.852. The molecule has 0 radical (unpaired) electrons. The van der Waals surface area contributed by atoms with Gasteiger partial charge in [0.1, 0.15) is 17.6 Å². The predicted octanol–water partition coefficient (Wildman–Crippen LogP) is -2.50. The highest BCUT2D eigenvalue weighted by Crippen LogP contribution is 2.30. The van der Waals surface area contributed by atoms with E-state index in [1.54, 1.807) is 0 Å². The molecule has 0 amide bonds. The summed E-state index contributed by atoms with van der Waals surface area (Å²) in [6.07, 6.45) is -3.94. The lowest BCUT2D eigenvalue weighted by molar-refractivity contribution is -0.0953. The standard InChI is InChI=1S/C6H12O5S/c7-1-2-3(8)4(9)5(10)6(11)12-2/h2-11H,1H2/t2-,3-,4+,5-,6?/m1/s1. The summed E-state index contributed by atoms with van der Waals surface area (Å²) < 4.78 is 0. The number of thioether (sulfide) groups is 1. The van der Waals surface area contributed by atoms with Crippen LogP contribution in [0.15, 0.2) is 0 Å². The molecule has 72 valence electrons. The Bertz CT molecular complexity index is 150. The highest BCUT2D eigenvalue weighted by molar-refractivity contribution is 8.00. The first-order valence-corrected chi connectivity index (χ1v) is 4.50. The summed E-state index contributed by atoms with van der Waals surface area (Å²) in [6.45, 7) is -0.341. The average Bonchev–Trinajstić information content (AvgIpc) is 2.08. The topological polar surface area (TPSA) is 101 Å². The highest BCUT2D eigenvalue weighted by Gasteiger charge is 2.42. The maximum absolute atomic E-state index is 9.22. The molecule has 12 heavy (non-hydrogen) atoms. The summed E-state index contributed by atoms with van der Waals surface area (Å²) in [6, 6.07) is 0. The lowest BCUT2D eigenvalue weighted by atomic mass is 10.0. The van der Waals surface area contributed by atoms with Gasteiger partial charge in [-0.2, -0.15) is 0 Å². The zero-order chi connectivity index (χ0) is 9.30. The lowest BCUT2D eigenvalue weighted by Crippen LogP contribution is -2.53. The van der Waals surface area contributed by atoms with Crippen molar-refractivity contribution >= 4 is 11.8 Å². The van der Waals surface area contributed by atoms with Crippen LogP contribution in [0, 0.1) is 0 Å². The lowest BCUT2D eigenvalue weighted by Gasteiger charge is -2.36. The van der Waals surface area contributed by atoms with Gasteiger partial charge in [-0.1, -0.05) is 0 Å². The van der Waals surface area contributed by atoms with Gasteiger partial charge in [-0.25, -0.2) is 0 Å². The van der Waals surface area contributed by atoms with Crippen molar-refractivity contribution in [3.05, 3.63) is 0 Å². The quantitative estimate of drug-likeness (QED) is 0.318. The van der Waals surface area contributed by atoms with Crippen LogP contribution in [0.3, 0.4) is 0 Å². The average molecular weight is 196 g/mol. The summed E-state index contributed by atoms with van der Waals surface area (Å²) in [4.78, 5) is 0. The molecule has 0 aromatic heterocycles. The largest absolute Gasteiger partial charge is 0.395 e. The summed E-state index contributed by atoms with van der Waals surface area (Å²) in [5.41, 5.74) is -1.15. The number of hydrogen-bond donors (Lipinski definition) is 5. The number of hydrogen-bond acceptors (Lipinski definition) is 6. The normalized spacial score (nSPS) is 49.2. The van der Waals surface area contributed by atoms with E-state index < -0.39 is 29.0 Å². The fourth-order valence-corrected chi connectivity index (χ4v) is 2.17. The van der Waals surface area contributed by atoms with E-state index in [1.807, 2.05) is 0 Å². The van der Waals surface area contributed by atoms with Gasteiger partial charge in [0.05, 0.1) is 18.0 Å². The van der Waals surface area contributed by atoms with Crippen molar-refractivity contribution in [1.29, 1.82) is 0 Å². The Hall–Kier alpha value is 0.150. The van der Waals surface area contributed by atoms with Gasteiger partial charge in [0, 0.05) is 0 Å². The van der Waals surface area contributed by atoms with Crippen molar-refractivity contribution in [3.8, 4) is 0 Å². The molecule has 5 nitrogen and oxygen atoms in total. The number of aliphatic hydroxyl groups excluding tert-OH is 5. The molecular formula is C6H12O5S. The molecule has 0 aliphatic carbocycles. The molecule has 5 atom stereocenters. The van der Waals surface area contributed by atoms with Crippen LogP contribution < -0.4 is 0 Å². The molecule has 1 aliphatic rings. The Labute approximate surface area is 73.7 Å². The third-order valence-corrected chi connectivity index (χ3v) is 3.20. The van der Waals surface area contributed by atoms with E-state index in [4.69, 9.17) is 20.4 Å². The molecular weight excluding hydrogens is 184 g/mol. The van der Waals surface area contributed by atoms with Gasteiger partial charge in [0.2, 0.25) is 0 Å². The summed E-state index contributed by atoms with van der Waals surface area (Å²) in [5.74, 6) is 0. The van der Waals surface area contributed by atoms with Crippen LogP contribution in [0.2, 0.25) is 0 Å². The van der Waals surface area contributed by atoms with E-state index in [-0.39, 0.29) is 6.61 Å². The van der Waals surface area contributed by atoms with E-state index in [2.05, 4.69) is 0 Å². The molecule has 1 heterocycles. The Balaban J connectivity index is 2.63. The molecule has 1 rings (SSSR count). The minimum atomic E-state index is -1.39. The highest BCUT2D eigenvalue weighted by atomic mass is 32.2. The molecule has 1 unspecified atom stereocenters. The second-order valence-corrected chi connectivity index (χ2v) is 4.08. The number of aliphatic hydroxyl groups is 5. The third kappa shape index (κ3) is 1.73. The van der Waals surface area contributed by atoms with Gasteiger partial charge in [-0.05, 0) is 0 Å².